The first-order valence-electron chi connectivity index (χ1n) is 33.6. The van der Waals surface area contributed by atoms with E-state index in [0.29, 0.717) is 18.4 Å². The third-order valence-electron chi connectivity index (χ3n) is 19.2. The third kappa shape index (κ3) is 14.6. The number of nitrogens with one attached hydrogen (secondary N) is 5. The maximum atomic E-state index is 16.0. The SMILES string of the molecule is Cc1ccc(C(=O)N[C@@H]2C(=O)N[C@H](C(C)C)C(=O)N3CCC[C@H]3C(=O)N(C)CC(=O)N(C)[C@@H](C(C)C)C(=O)O[C@@H]2C)c2c1Oc1c(c(C(=O)N[C@@H]3C(=O)N[C@H](C(C)C)C(=O)N4CCC[C@H]4C(=O)N(C)CC(=O)N(C)[C@@H](C(C)C)C(=O)O[C@@H]3C)c3nc(-c4ccccc4)c(=O)oc3c1C)N2. The Hall–Kier alpha value is -9.96. The standard InChI is InChI=1S/C70H90N12O17/c1-32(2)47-66(91)81-28-20-24-42(81)64(89)77(13)30-44(83)79(15)55(34(5)6)69(94)96-38(11)49(62(87)73-47)75-60(85)41-27-26-36(9)57-52(41)72-53-46(54-59(37(10)58(53)98-57)99-68(93)51(71-54)40-22-18-17-19-23-40)61(86)76-50-39(12)97-70(95)56(35(7)8)80(16)45(84)31-78(14)65(90)43-25-21-29-82(43)67(92)48(33(3)4)74-63(50)88/h17-19,22-23,26-27,32-35,38-39,42-43,47-50,55-56,72H,20-21,24-25,28-31H2,1-16H3,(H,73,87)(H,74,88)(H,75,85)(H,76,86)/t38-,39-,42+,43+,47-,48-,49+,50+,55+,56+/m1/s1. The van der Waals surface area contributed by atoms with Crippen LogP contribution in [0.15, 0.2) is 51.7 Å². The van der Waals surface area contributed by atoms with Gasteiger partial charge in [0.15, 0.2) is 22.8 Å². The van der Waals surface area contributed by atoms with Gasteiger partial charge in [0.25, 0.3) is 11.8 Å². The Morgan fingerprint density at radius 3 is 1.49 bits per heavy atom. The molecule has 0 bridgehead atoms. The van der Waals surface area contributed by atoms with Gasteiger partial charge in [0.1, 0.15) is 66.1 Å². The number of carbonyl (C=O) groups is 12. The summed E-state index contributed by atoms with van der Waals surface area (Å²) >= 11 is 0. The number of hydrogen-bond acceptors (Lipinski definition) is 19. The van der Waals surface area contributed by atoms with E-state index in [1.807, 2.05) is 0 Å². The summed E-state index contributed by atoms with van der Waals surface area (Å²) in [6.45, 7) is 18.7. The van der Waals surface area contributed by atoms with E-state index in [0.717, 1.165) is 9.80 Å². The van der Waals surface area contributed by atoms with Crippen LogP contribution in [0, 0.1) is 37.5 Å². The van der Waals surface area contributed by atoms with Gasteiger partial charge in [0.05, 0.1) is 35.6 Å². The third-order valence-corrected chi connectivity index (χ3v) is 19.2. The average molecular weight is 1370 g/mol. The minimum atomic E-state index is -1.89. The number of benzene rings is 3. The number of aryl methyl sites for hydroxylation is 2. The lowest BCUT2D eigenvalue weighted by atomic mass is 9.98. The molecule has 3 aromatic carbocycles. The minimum Gasteiger partial charge on any atom is -0.458 e. The summed E-state index contributed by atoms with van der Waals surface area (Å²) < 4.78 is 24.9. The number of fused-ring (bicyclic) bond motifs is 5. The summed E-state index contributed by atoms with van der Waals surface area (Å²) in [6.07, 6.45) is -1.69. The van der Waals surface area contributed by atoms with E-state index in [1.54, 1.807) is 92.6 Å². The number of esters is 2. The first-order valence-corrected chi connectivity index (χ1v) is 33.6. The van der Waals surface area contributed by atoms with Crippen LogP contribution in [0.5, 0.6) is 11.5 Å². The van der Waals surface area contributed by atoms with Crippen molar-refractivity contribution in [3.05, 3.63) is 75.1 Å². The summed E-state index contributed by atoms with van der Waals surface area (Å²) in [5, 5.41) is 14.3. The zero-order valence-electron chi connectivity index (χ0n) is 58.9. The zero-order valence-corrected chi connectivity index (χ0v) is 58.9. The van der Waals surface area contributed by atoms with Crippen LogP contribution in [-0.2, 0) is 57.4 Å². The molecule has 5 N–H and O–H groups in total. The molecule has 0 unspecified atom stereocenters. The second kappa shape index (κ2) is 29.6. The van der Waals surface area contributed by atoms with E-state index >= 15 is 19.2 Å². The normalized spacial score (nSPS) is 25.1. The molecule has 29 heteroatoms. The number of carbonyl (C=O) groups excluding carboxylic acids is 12. The molecule has 0 saturated carbocycles. The highest BCUT2D eigenvalue weighted by molar-refractivity contribution is 6.15. The van der Waals surface area contributed by atoms with Gasteiger partial charge < -0.3 is 74.6 Å². The maximum absolute atomic E-state index is 16.0. The number of cyclic esters (lactones) is 2. The Morgan fingerprint density at radius 2 is 1.04 bits per heavy atom. The molecule has 5 aliphatic rings. The van der Waals surface area contributed by atoms with Crippen LogP contribution < -0.4 is 36.9 Å². The van der Waals surface area contributed by atoms with Gasteiger partial charge in [-0.05, 0) is 88.7 Å². The van der Waals surface area contributed by atoms with Crippen LogP contribution in [0.2, 0.25) is 0 Å². The molecule has 4 fully saturated rings. The van der Waals surface area contributed by atoms with Crippen molar-refractivity contribution in [2.75, 3.05) is 59.7 Å². The van der Waals surface area contributed by atoms with Crippen LogP contribution in [0.25, 0.3) is 22.4 Å². The molecule has 0 spiro atoms. The topological polar surface area (TPSA) is 355 Å². The molecule has 10 atom stereocenters. The summed E-state index contributed by atoms with van der Waals surface area (Å²) in [5.41, 5.74) is -1.89. The Labute approximate surface area is 573 Å². The second-order valence-electron chi connectivity index (χ2n) is 27.8. The number of aromatic nitrogens is 1. The number of ether oxygens (including phenoxy) is 3. The van der Waals surface area contributed by atoms with Crippen molar-refractivity contribution in [1.82, 2.24) is 55.7 Å². The van der Waals surface area contributed by atoms with Crippen LogP contribution in [0.3, 0.4) is 0 Å². The fourth-order valence-corrected chi connectivity index (χ4v) is 13.6. The number of rotatable bonds is 9. The van der Waals surface area contributed by atoms with Crippen molar-refractivity contribution >= 4 is 93.5 Å². The average Bonchev–Trinajstić information content (AvgIpc) is 1.38. The maximum Gasteiger partial charge on any atom is 0.363 e. The minimum absolute atomic E-state index is 0.000942. The molecule has 9 rings (SSSR count). The molecule has 5 aliphatic heterocycles. The molecule has 6 heterocycles. The summed E-state index contributed by atoms with van der Waals surface area (Å²) in [7, 11) is 5.62. The van der Waals surface area contributed by atoms with Crippen LogP contribution in [0.1, 0.15) is 127 Å². The molecule has 10 amide bonds. The van der Waals surface area contributed by atoms with Crippen LogP contribution >= 0.6 is 0 Å². The van der Waals surface area contributed by atoms with E-state index < -0.39 is 180 Å². The van der Waals surface area contributed by atoms with E-state index in [2.05, 4.69) is 26.6 Å². The molecule has 4 aromatic rings. The van der Waals surface area contributed by atoms with Crippen molar-refractivity contribution in [3.63, 3.8) is 0 Å². The molecule has 4 saturated heterocycles. The Kier molecular flexibility index (Phi) is 21.9. The lowest BCUT2D eigenvalue weighted by Crippen LogP contribution is -2.61. The lowest BCUT2D eigenvalue weighted by Gasteiger charge is -2.36. The highest BCUT2D eigenvalue weighted by Gasteiger charge is 2.47. The number of nitrogens with zero attached hydrogens (tertiary/aromatic N) is 7. The molecular weight excluding hydrogens is 1280 g/mol. The van der Waals surface area contributed by atoms with Crippen molar-refractivity contribution < 1.29 is 76.2 Å². The smallest absolute Gasteiger partial charge is 0.363 e. The largest absolute Gasteiger partial charge is 0.458 e. The molecule has 0 radical (unpaired) electrons. The summed E-state index contributed by atoms with van der Waals surface area (Å²) in [6, 6.07) is 0.298. The second-order valence-corrected chi connectivity index (χ2v) is 27.8. The summed E-state index contributed by atoms with van der Waals surface area (Å²) in [5.74, 6) is -12.1. The Balaban J connectivity index is 1.16. The summed E-state index contributed by atoms with van der Waals surface area (Å²) in [4.78, 5) is 203. The number of amides is 10. The molecule has 532 valence electrons. The monoisotopic (exact) mass is 1370 g/mol. The first-order chi connectivity index (χ1) is 46.6. The van der Waals surface area contributed by atoms with E-state index in [9.17, 15) is 43.2 Å². The van der Waals surface area contributed by atoms with E-state index in [4.69, 9.17) is 23.6 Å². The van der Waals surface area contributed by atoms with E-state index in [-0.39, 0.29) is 82.3 Å². The predicted molar refractivity (Wildman–Crippen MR) is 360 cm³/mol. The van der Waals surface area contributed by atoms with Gasteiger partial charge in [0.2, 0.25) is 47.3 Å². The van der Waals surface area contributed by atoms with Gasteiger partial charge in [-0.3, -0.25) is 47.9 Å². The van der Waals surface area contributed by atoms with Gasteiger partial charge in [-0.25, -0.2) is 19.4 Å². The van der Waals surface area contributed by atoms with Crippen LogP contribution in [-0.4, -0.2) is 220 Å². The Morgan fingerprint density at radius 1 is 0.576 bits per heavy atom. The quantitative estimate of drug-likeness (QED) is 0.132. The fraction of sp³-hybridized carbons (Fsp3) is 0.543. The highest BCUT2D eigenvalue weighted by atomic mass is 16.6. The highest BCUT2D eigenvalue weighted by Crippen LogP contribution is 2.51. The molecule has 0 aliphatic carbocycles. The van der Waals surface area contributed by atoms with Gasteiger partial charge >= 0.3 is 17.6 Å². The van der Waals surface area contributed by atoms with Crippen molar-refractivity contribution in [3.8, 4) is 22.8 Å². The molecule has 29 nitrogen and oxygen atoms in total. The van der Waals surface area contributed by atoms with Crippen molar-refractivity contribution in [1.29, 1.82) is 0 Å². The fourth-order valence-electron chi connectivity index (χ4n) is 13.6. The van der Waals surface area contributed by atoms with Crippen molar-refractivity contribution in [2.45, 2.75) is 169 Å². The lowest BCUT2D eigenvalue weighted by molar-refractivity contribution is -0.163. The van der Waals surface area contributed by atoms with Gasteiger partial charge in [-0.1, -0.05) is 91.8 Å². The first kappa shape index (κ1) is 73.3. The molecular formula is C70H90N12O17. The number of hydrogen-bond donors (Lipinski definition) is 5. The van der Waals surface area contributed by atoms with E-state index in [1.165, 1.54) is 80.7 Å². The van der Waals surface area contributed by atoms with Gasteiger partial charge in [-0.2, -0.15) is 0 Å². The molecule has 99 heavy (non-hydrogen) atoms. The van der Waals surface area contributed by atoms with Crippen LogP contribution in [0.4, 0.5) is 11.4 Å². The molecule has 1 aromatic heterocycles. The predicted octanol–water partition coefficient (Wildman–Crippen LogP) is 3.55. The number of anilines is 2. The van der Waals surface area contributed by atoms with Gasteiger partial charge in [-0.15, -0.1) is 0 Å². The van der Waals surface area contributed by atoms with Gasteiger partial charge in [0, 0.05) is 52.4 Å². The van der Waals surface area contributed by atoms with Crippen molar-refractivity contribution in [2.24, 2.45) is 23.7 Å². The Bertz CT molecular complexity index is 3980. The zero-order chi connectivity index (χ0) is 72.7. The number of likely N-dealkylation sites (N-methyl/N-ethyl adjacent to an activating group) is 4.